The van der Waals surface area contributed by atoms with Crippen LogP contribution in [0, 0.1) is 0 Å². The summed E-state index contributed by atoms with van der Waals surface area (Å²) in [5, 5.41) is 0. The van der Waals surface area contributed by atoms with Crippen molar-refractivity contribution in [3.63, 3.8) is 0 Å². The first-order valence-corrected chi connectivity index (χ1v) is 9.32. The Balaban J connectivity index is 2.15. The Morgan fingerprint density at radius 3 is 2.30 bits per heavy atom. The number of methoxy groups -OCH3 is 1. The molecule has 0 aliphatic carbocycles. The number of hydrogen-bond donors (Lipinski definition) is 0. The summed E-state index contributed by atoms with van der Waals surface area (Å²) in [7, 11) is 3.39. The van der Waals surface area contributed by atoms with Crippen molar-refractivity contribution in [1.29, 1.82) is 0 Å². The maximum absolute atomic E-state index is 13.4. The van der Waals surface area contributed by atoms with E-state index in [-0.39, 0.29) is 17.9 Å². The second kappa shape index (κ2) is 7.82. The molecule has 142 valence electrons. The average molecular weight is 366 g/mol. The highest BCUT2D eigenvalue weighted by Gasteiger charge is 2.43. The van der Waals surface area contributed by atoms with E-state index in [1.54, 1.807) is 25.1 Å². The Hall–Kier alpha value is -2.82. The van der Waals surface area contributed by atoms with Gasteiger partial charge in [-0.15, -0.1) is 0 Å². The van der Waals surface area contributed by atoms with E-state index in [9.17, 15) is 9.59 Å². The van der Waals surface area contributed by atoms with Crippen LogP contribution in [0.25, 0.3) is 0 Å². The second-order valence-electron chi connectivity index (χ2n) is 6.71. The molecule has 27 heavy (non-hydrogen) atoms. The monoisotopic (exact) mass is 366 g/mol. The maximum atomic E-state index is 13.4. The third-order valence-corrected chi connectivity index (χ3v) is 5.38. The van der Waals surface area contributed by atoms with Crippen LogP contribution in [0.4, 0.5) is 0 Å². The number of ether oxygens (including phenoxy) is 1. The Labute approximate surface area is 160 Å². The van der Waals surface area contributed by atoms with Crippen LogP contribution in [-0.4, -0.2) is 48.9 Å². The largest absolute Gasteiger partial charge is 0.497 e. The second-order valence-corrected chi connectivity index (χ2v) is 6.71. The van der Waals surface area contributed by atoms with Crippen LogP contribution in [0.3, 0.4) is 0 Å². The van der Waals surface area contributed by atoms with Crippen molar-refractivity contribution in [2.24, 2.45) is 0 Å². The summed E-state index contributed by atoms with van der Waals surface area (Å²) in [6.07, 6.45) is 0. The van der Waals surface area contributed by atoms with Crippen molar-refractivity contribution in [3.8, 4) is 5.75 Å². The van der Waals surface area contributed by atoms with Crippen molar-refractivity contribution < 1.29 is 14.3 Å². The van der Waals surface area contributed by atoms with Gasteiger partial charge in [0.2, 0.25) is 5.91 Å². The van der Waals surface area contributed by atoms with Crippen LogP contribution < -0.4 is 4.74 Å². The van der Waals surface area contributed by atoms with Gasteiger partial charge in [0.25, 0.3) is 5.91 Å². The van der Waals surface area contributed by atoms with Crippen LogP contribution in [0.5, 0.6) is 5.75 Å². The highest BCUT2D eigenvalue weighted by Crippen LogP contribution is 2.43. The van der Waals surface area contributed by atoms with Crippen molar-refractivity contribution in [3.05, 3.63) is 65.2 Å². The van der Waals surface area contributed by atoms with E-state index < -0.39 is 5.92 Å². The molecule has 0 aromatic heterocycles. The van der Waals surface area contributed by atoms with Gasteiger partial charge in [-0.25, -0.2) is 0 Å². The highest BCUT2D eigenvalue weighted by atomic mass is 16.5. The van der Waals surface area contributed by atoms with Gasteiger partial charge in [0.1, 0.15) is 5.75 Å². The molecule has 0 spiro atoms. The van der Waals surface area contributed by atoms with E-state index in [1.807, 2.05) is 61.2 Å². The molecular formula is C22H26N2O3. The van der Waals surface area contributed by atoms with E-state index in [4.69, 9.17) is 4.74 Å². The zero-order valence-corrected chi connectivity index (χ0v) is 16.3. The fourth-order valence-corrected chi connectivity index (χ4v) is 3.89. The molecule has 0 saturated carbocycles. The number of fused-ring (bicyclic) bond motifs is 1. The molecule has 5 heteroatoms. The summed E-state index contributed by atoms with van der Waals surface area (Å²) < 4.78 is 5.25. The third-order valence-electron chi connectivity index (χ3n) is 5.38. The van der Waals surface area contributed by atoms with Crippen molar-refractivity contribution in [2.75, 3.05) is 27.2 Å². The number of benzene rings is 2. The van der Waals surface area contributed by atoms with Gasteiger partial charge < -0.3 is 14.5 Å². The number of rotatable bonds is 5. The number of hydrogen-bond acceptors (Lipinski definition) is 3. The molecule has 1 aliphatic heterocycles. The molecule has 1 heterocycles. The maximum Gasteiger partial charge on any atom is 0.254 e. The average Bonchev–Trinajstić information content (AvgIpc) is 2.71. The van der Waals surface area contributed by atoms with Gasteiger partial charge in [-0.3, -0.25) is 9.59 Å². The van der Waals surface area contributed by atoms with E-state index >= 15 is 0 Å². The van der Waals surface area contributed by atoms with Crippen LogP contribution in [0.2, 0.25) is 0 Å². The number of amides is 2. The lowest BCUT2D eigenvalue weighted by Gasteiger charge is -2.41. The molecular weight excluding hydrogens is 340 g/mol. The molecule has 1 aliphatic rings. The Morgan fingerprint density at radius 2 is 1.70 bits per heavy atom. The number of carbonyl (C=O) groups excluding carboxylic acids is 2. The van der Waals surface area contributed by atoms with Crippen molar-refractivity contribution in [1.82, 2.24) is 9.80 Å². The predicted molar refractivity (Wildman–Crippen MR) is 105 cm³/mol. The van der Waals surface area contributed by atoms with E-state index in [2.05, 4.69) is 0 Å². The minimum atomic E-state index is -0.433. The van der Waals surface area contributed by atoms with E-state index in [1.165, 1.54) is 0 Å². The highest BCUT2D eigenvalue weighted by molar-refractivity contribution is 6.01. The van der Waals surface area contributed by atoms with Gasteiger partial charge in [0, 0.05) is 25.7 Å². The quantitative estimate of drug-likeness (QED) is 0.814. The Kier molecular flexibility index (Phi) is 5.49. The molecule has 3 rings (SSSR count). The molecule has 0 N–H and O–H groups in total. The fraction of sp³-hybridized carbons (Fsp3) is 0.364. The van der Waals surface area contributed by atoms with Gasteiger partial charge in [-0.1, -0.05) is 30.3 Å². The predicted octanol–water partition coefficient (Wildman–Crippen LogP) is 3.47. The summed E-state index contributed by atoms with van der Waals surface area (Å²) in [4.78, 5) is 29.9. The molecule has 0 radical (unpaired) electrons. The van der Waals surface area contributed by atoms with Crippen molar-refractivity contribution >= 4 is 11.8 Å². The molecule has 0 unspecified atom stereocenters. The first-order valence-electron chi connectivity index (χ1n) is 9.32. The van der Waals surface area contributed by atoms with Gasteiger partial charge >= 0.3 is 0 Å². The topological polar surface area (TPSA) is 49.9 Å². The zero-order valence-electron chi connectivity index (χ0n) is 16.3. The van der Waals surface area contributed by atoms with Gasteiger partial charge in [-0.2, -0.15) is 0 Å². The Bertz CT molecular complexity index is 828. The van der Waals surface area contributed by atoms with Crippen LogP contribution >= 0.6 is 0 Å². The minimum Gasteiger partial charge on any atom is -0.497 e. The molecule has 2 amide bonds. The third kappa shape index (κ3) is 3.29. The normalized spacial score (nSPS) is 18.8. The standard InChI is InChI=1S/C22H26N2O3/c1-5-24(6-2)22(26)19-17-9-7-8-10-18(17)21(25)23(3)20(19)15-11-13-16(27-4)14-12-15/h7-14,19-20H,5-6H2,1-4H3/t19-,20+/m0/s1. The van der Waals surface area contributed by atoms with Crippen molar-refractivity contribution in [2.45, 2.75) is 25.8 Å². The van der Waals surface area contributed by atoms with E-state index in [0.29, 0.717) is 18.7 Å². The van der Waals surface area contributed by atoms with E-state index in [0.717, 1.165) is 16.9 Å². The first-order chi connectivity index (χ1) is 13.0. The van der Waals surface area contributed by atoms with Gasteiger partial charge in [0.15, 0.2) is 0 Å². The summed E-state index contributed by atoms with van der Waals surface area (Å²) >= 11 is 0. The SMILES string of the molecule is CCN(CC)C(=O)[C@H]1c2ccccc2C(=O)N(C)[C@@H]1c1ccc(OC)cc1. The van der Waals surface area contributed by atoms with Crippen LogP contribution in [0.15, 0.2) is 48.5 Å². The summed E-state index contributed by atoms with van der Waals surface area (Å²) in [5.41, 5.74) is 2.33. The zero-order chi connectivity index (χ0) is 19.6. The van der Waals surface area contributed by atoms with Gasteiger partial charge in [0.05, 0.1) is 19.1 Å². The molecule has 5 nitrogen and oxygen atoms in total. The summed E-state index contributed by atoms with van der Waals surface area (Å²) in [6, 6.07) is 14.7. The molecule has 2 aromatic carbocycles. The van der Waals surface area contributed by atoms with Crippen LogP contribution in [-0.2, 0) is 4.79 Å². The molecule has 0 fully saturated rings. The smallest absolute Gasteiger partial charge is 0.254 e. The lowest BCUT2D eigenvalue weighted by Crippen LogP contribution is -2.46. The first kappa shape index (κ1) is 19.0. The number of nitrogens with zero attached hydrogens (tertiary/aromatic N) is 2. The molecule has 0 saturated heterocycles. The lowest BCUT2D eigenvalue weighted by molar-refractivity contribution is -0.134. The lowest BCUT2D eigenvalue weighted by atomic mass is 9.79. The van der Waals surface area contributed by atoms with Gasteiger partial charge in [-0.05, 0) is 43.2 Å². The number of likely N-dealkylation sites (N-methyl/N-ethyl adjacent to an activating group) is 2. The fourth-order valence-electron chi connectivity index (χ4n) is 3.89. The molecule has 0 bridgehead atoms. The summed E-state index contributed by atoms with van der Waals surface area (Å²) in [6.45, 7) is 5.24. The summed E-state index contributed by atoms with van der Waals surface area (Å²) in [5.74, 6) is 0.301. The minimum absolute atomic E-state index is 0.0487. The number of carbonyl (C=O) groups is 2. The molecule has 2 aromatic rings. The van der Waals surface area contributed by atoms with Crippen LogP contribution in [0.1, 0.15) is 47.3 Å². The molecule has 2 atom stereocenters. The Morgan fingerprint density at radius 1 is 1.07 bits per heavy atom.